The Morgan fingerprint density at radius 3 is 2.78 bits per heavy atom. The average Bonchev–Trinajstić information content (AvgIpc) is 2.54. The molecule has 2 aromatic rings. The van der Waals surface area contributed by atoms with Gasteiger partial charge in [-0.2, -0.15) is 5.10 Å². The topological polar surface area (TPSA) is 132 Å². The quantitative estimate of drug-likeness (QED) is 0.432. The van der Waals surface area contributed by atoms with Crippen molar-refractivity contribution in [2.45, 2.75) is 12.8 Å². The summed E-state index contributed by atoms with van der Waals surface area (Å²) in [7, 11) is 0. The number of aromatic nitrogens is 3. The van der Waals surface area contributed by atoms with Crippen LogP contribution >= 0.6 is 0 Å². The van der Waals surface area contributed by atoms with Crippen molar-refractivity contribution >= 4 is 17.9 Å². The Bertz CT molecular complexity index is 796. The maximum Gasteiger partial charge on any atom is 0.342 e. The van der Waals surface area contributed by atoms with Crippen molar-refractivity contribution in [3.05, 3.63) is 56.7 Å². The Balaban J connectivity index is 1.82. The van der Waals surface area contributed by atoms with E-state index in [9.17, 15) is 14.4 Å². The van der Waals surface area contributed by atoms with Gasteiger partial charge in [-0.15, -0.1) is 5.10 Å². The second-order valence-electron chi connectivity index (χ2n) is 4.72. The van der Waals surface area contributed by atoms with Crippen molar-refractivity contribution in [3.63, 3.8) is 0 Å². The molecule has 1 heterocycles. The number of anilines is 1. The number of hydrazone groups is 1. The molecular weight excluding hydrogens is 300 g/mol. The number of nitrogens with zero attached hydrogens (tertiary/aromatic N) is 2. The highest BCUT2D eigenvalue weighted by molar-refractivity contribution is 5.81. The number of hydrogen-bond donors (Lipinski definition) is 4. The highest BCUT2D eigenvalue weighted by Crippen LogP contribution is 2.11. The van der Waals surface area contributed by atoms with E-state index in [1.165, 1.54) is 0 Å². The van der Waals surface area contributed by atoms with Crippen molar-refractivity contribution in [3.8, 4) is 0 Å². The van der Waals surface area contributed by atoms with Crippen molar-refractivity contribution in [1.29, 1.82) is 0 Å². The SMILES string of the molecule is C[C@@H](/C=N\NC(=O)CNc1n[nH]c(=O)[nH]c1=O)c1ccccc1. The monoisotopic (exact) mass is 316 g/mol. The standard InChI is InChI=1S/C14H16N6O3/c1-9(10-5-3-2-4-6-10)7-16-18-11(21)8-15-12-13(22)17-14(23)20-19-12/h2-7,9H,8H2,1H3,(H,15,19)(H,18,21)(H2,17,20,22,23)/b16-7-/t9-/m0/s1. The van der Waals surface area contributed by atoms with Crippen LogP contribution in [0.25, 0.3) is 0 Å². The molecule has 1 atom stereocenters. The minimum Gasteiger partial charge on any atom is -0.355 e. The second kappa shape index (κ2) is 7.69. The molecule has 0 aliphatic rings. The number of carbonyl (C=O) groups is 1. The van der Waals surface area contributed by atoms with Crippen LogP contribution < -0.4 is 22.0 Å². The number of benzene rings is 1. The van der Waals surface area contributed by atoms with E-state index in [1.54, 1.807) is 6.21 Å². The molecule has 0 aliphatic heterocycles. The summed E-state index contributed by atoms with van der Waals surface area (Å²) in [5, 5.41) is 11.9. The fraction of sp³-hybridized carbons (Fsp3) is 0.214. The molecular formula is C14H16N6O3. The Hall–Kier alpha value is -3.23. The minimum absolute atomic E-state index is 0.0492. The molecule has 9 nitrogen and oxygen atoms in total. The molecule has 0 saturated heterocycles. The van der Waals surface area contributed by atoms with E-state index in [-0.39, 0.29) is 18.3 Å². The Morgan fingerprint density at radius 1 is 1.35 bits per heavy atom. The summed E-state index contributed by atoms with van der Waals surface area (Å²) in [6, 6.07) is 9.71. The second-order valence-corrected chi connectivity index (χ2v) is 4.72. The average molecular weight is 316 g/mol. The van der Waals surface area contributed by atoms with E-state index in [0.717, 1.165) is 5.56 Å². The van der Waals surface area contributed by atoms with Crippen molar-refractivity contribution in [1.82, 2.24) is 20.6 Å². The van der Waals surface area contributed by atoms with Gasteiger partial charge < -0.3 is 5.32 Å². The van der Waals surface area contributed by atoms with Gasteiger partial charge in [0, 0.05) is 12.1 Å². The van der Waals surface area contributed by atoms with Crippen LogP contribution in [0, 0.1) is 0 Å². The Labute approximate surface area is 130 Å². The molecule has 0 aliphatic carbocycles. The van der Waals surface area contributed by atoms with Crippen LogP contribution in [-0.4, -0.2) is 33.8 Å². The van der Waals surface area contributed by atoms with Gasteiger partial charge in [0.15, 0.2) is 0 Å². The lowest BCUT2D eigenvalue weighted by Crippen LogP contribution is -2.31. The third-order valence-electron chi connectivity index (χ3n) is 2.94. The smallest absolute Gasteiger partial charge is 0.342 e. The highest BCUT2D eigenvalue weighted by atomic mass is 16.2. The van der Waals surface area contributed by atoms with E-state index in [1.807, 2.05) is 42.2 Å². The fourth-order valence-corrected chi connectivity index (χ4v) is 1.73. The zero-order chi connectivity index (χ0) is 16.7. The molecule has 1 amide bonds. The molecule has 23 heavy (non-hydrogen) atoms. The summed E-state index contributed by atoms with van der Waals surface area (Å²) in [5.41, 5.74) is 1.99. The van der Waals surface area contributed by atoms with Crippen molar-refractivity contribution in [2.24, 2.45) is 5.10 Å². The molecule has 1 aromatic carbocycles. The third kappa shape index (κ3) is 4.92. The first-order valence-electron chi connectivity index (χ1n) is 6.86. The number of H-pyrrole nitrogens is 2. The summed E-state index contributed by atoms with van der Waals surface area (Å²) in [6.07, 6.45) is 1.61. The Morgan fingerprint density at radius 2 is 2.09 bits per heavy atom. The summed E-state index contributed by atoms with van der Waals surface area (Å²) in [6.45, 7) is 1.74. The summed E-state index contributed by atoms with van der Waals surface area (Å²) in [5.74, 6) is -0.552. The number of carbonyl (C=O) groups excluding carboxylic acids is 1. The Kier molecular flexibility index (Phi) is 5.40. The van der Waals surface area contributed by atoms with Gasteiger partial charge in [-0.05, 0) is 5.56 Å². The molecule has 120 valence electrons. The maximum absolute atomic E-state index is 11.6. The lowest BCUT2D eigenvalue weighted by Gasteiger charge is -2.06. The molecule has 0 fully saturated rings. The lowest BCUT2D eigenvalue weighted by molar-refractivity contribution is -0.119. The van der Waals surface area contributed by atoms with E-state index >= 15 is 0 Å². The zero-order valence-electron chi connectivity index (χ0n) is 12.4. The first-order chi connectivity index (χ1) is 11.1. The normalized spacial score (nSPS) is 12.0. The molecule has 0 spiro atoms. The number of aromatic amines is 2. The molecule has 0 unspecified atom stereocenters. The summed E-state index contributed by atoms with van der Waals surface area (Å²) >= 11 is 0. The van der Waals surface area contributed by atoms with Crippen LogP contribution in [0.15, 0.2) is 45.0 Å². The summed E-state index contributed by atoms with van der Waals surface area (Å²) in [4.78, 5) is 35.8. The zero-order valence-corrected chi connectivity index (χ0v) is 12.4. The predicted molar refractivity (Wildman–Crippen MR) is 85.5 cm³/mol. The van der Waals surface area contributed by atoms with Crippen LogP contribution in [-0.2, 0) is 4.79 Å². The summed E-state index contributed by atoms with van der Waals surface area (Å²) < 4.78 is 0. The van der Waals surface area contributed by atoms with Gasteiger partial charge >= 0.3 is 5.69 Å². The maximum atomic E-state index is 11.6. The fourth-order valence-electron chi connectivity index (χ4n) is 1.73. The van der Waals surface area contributed by atoms with Gasteiger partial charge in [-0.3, -0.25) is 14.6 Å². The van der Waals surface area contributed by atoms with E-state index in [4.69, 9.17) is 0 Å². The number of rotatable bonds is 6. The molecule has 1 aromatic heterocycles. The van der Waals surface area contributed by atoms with Gasteiger partial charge in [0.25, 0.3) is 11.5 Å². The largest absolute Gasteiger partial charge is 0.355 e. The van der Waals surface area contributed by atoms with Gasteiger partial charge in [-0.1, -0.05) is 37.3 Å². The first-order valence-corrected chi connectivity index (χ1v) is 6.86. The van der Waals surface area contributed by atoms with Crippen LogP contribution in [0.3, 0.4) is 0 Å². The van der Waals surface area contributed by atoms with E-state index in [2.05, 4.69) is 26.0 Å². The van der Waals surface area contributed by atoms with Crippen LogP contribution in [0.4, 0.5) is 5.82 Å². The molecule has 4 N–H and O–H groups in total. The van der Waals surface area contributed by atoms with Crippen LogP contribution in [0.5, 0.6) is 0 Å². The molecule has 2 rings (SSSR count). The van der Waals surface area contributed by atoms with E-state index < -0.39 is 17.2 Å². The number of hydrogen-bond acceptors (Lipinski definition) is 6. The molecule has 0 bridgehead atoms. The first kappa shape index (κ1) is 16.1. The van der Waals surface area contributed by atoms with Crippen molar-refractivity contribution in [2.75, 3.05) is 11.9 Å². The minimum atomic E-state index is -0.718. The molecule has 0 radical (unpaired) electrons. The number of nitrogens with one attached hydrogen (secondary N) is 4. The van der Waals surface area contributed by atoms with Gasteiger partial charge in [0.05, 0.1) is 6.54 Å². The number of amides is 1. The lowest BCUT2D eigenvalue weighted by atomic mass is 10.0. The highest BCUT2D eigenvalue weighted by Gasteiger charge is 2.05. The van der Waals surface area contributed by atoms with Gasteiger partial charge in [0.2, 0.25) is 5.82 Å². The molecule has 9 heteroatoms. The van der Waals surface area contributed by atoms with E-state index in [0.29, 0.717) is 0 Å². The van der Waals surface area contributed by atoms with Crippen LogP contribution in [0.1, 0.15) is 18.4 Å². The predicted octanol–water partition coefficient (Wildman–Crippen LogP) is -0.224. The van der Waals surface area contributed by atoms with Gasteiger partial charge in [-0.25, -0.2) is 15.3 Å². The van der Waals surface area contributed by atoms with Gasteiger partial charge in [0.1, 0.15) is 0 Å². The van der Waals surface area contributed by atoms with Crippen LogP contribution in [0.2, 0.25) is 0 Å². The van der Waals surface area contributed by atoms with Crippen molar-refractivity contribution < 1.29 is 4.79 Å². The third-order valence-corrected chi connectivity index (χ3v) is 2.94. The molecule has 0 saturated carbocycles.